The molecule has 0 saturated heterocycles. The van der Waals surface area contributed by atoms with E-state index in [0.29, 0.717) is 23.4 Å². The van der Waals surface area contributed by atoms with Crippen molar-refractivity contribution in [1.82, 2.24) is 5.32 Å². The van der Waals surface area contributed by atoms with Gasteiger partial charge in [0.05, 0.1) is 20.1 Å². The van der Waals surface area contributed by atoms with E-state index in [1.54, 1.807) is 0 Å². The van der Waals surface area contributed by atoms with E-state index in [-0.39, 0.29) is 19.0 Å². The van der Waals surface area contributed by atoms with Gasteiger partial charge in [-0.15, -0.1) is 0 Å². The molecule has 0 radical (unpaired) electrons. The molecule has 106 valence electrons. The van der Waals surface area contributed by atoms with Gasteiger partial charge in [0.15, 0.2) is 0 Å². The summed E-state index contributed by atoms with van der Waals surface area (Å²) in [6.45, 7) is 5.04. The van der Waals surface area contributed by atoms with E-state index in [9.17, 15) is 4.79 Å². The van der Waals surface area contributed by atoms with Crippen LogP contribution in [0.15, 0.2) is 18.2 Å². The fraction of sp³-hybridized carbons (Fsp3) is 0.500. The summed E-state index contributed by atoms with van der Waals surface area (Å²) in [5.41, 5.74) is 0.905. The van der Waals surface area contributed by atoms with Gasteiger partial charge in [-0.2, -0.15) is 0 Å². The van der Waals surface area contributed by atoms with Crippen molar-refractivity contribution in [2.45, 2.75) is 32.9 Å². The number of hydrogen-bond acceptors (Lipinski definition) is 4. The maximum absolute atomic E-state index is 11.0. The number of nitrogens with one attached hydrogen (secondary N) is 1. The maximum Gasteiger partial charge on any atom is 0.308 e. The number of ether oxygens (including phenoxy) is 2. The summed E-state index contributed by atoms with van der Waals surface area (Å²) in [5.74, 6) is 0.411. The van der Waals surface area contributed by atoms with Crippen LogP contribution in [0.1, 0.15) is 25.8 Å². The highest BCUT2D eigenvalue weighted by molar-refractivity contribution is 6.31. The smallest absolute Gasteiger partial charge is 0.308 e. The predicted octanol–water partition coefficient (Wildman–Crippen LogP) is 2.78. The van der Waals surface area contributed by atoms with Crippen molar-refractivity contribution >= 4 is 17.6 Å². The zero-order valence-electron chi connectivity index (χ0n) is 11.5. The van der Waals surface area contributed by atoms with Crippen LogP contribution < -0.4 is 10.1 Å². The van der Waals surface area contributed by atoms with E-state index in [1.165, 1.54) is 7.11 Å². The fourth-order valence-electron chi connectivity index (χ4n) is 1.50. The van der Waals surface area contributed by atoms with Gasteiger partial charge < -0.3 is 14.8 Å². The van der Waals surface area contributed by atoms with Crippen LogP contribution in [0, 0.1) is 0 Å². The molecule has 0 spiro atoms. The van der Waals surface area contributed by atoms with Crippen molar-refractivity contribution < 1.29 is 14.3 Å². The molecule has 0 amide bonds. The SMILES string of the molecule is COC(=O)CCOc1cccc(Cl)c1CNC(C)C. The highest BCUT2D eigenvalue weighted by atomic mass is 35.5. The van der Waals surface area contributed by atoms with Crippen LogP contribution >= 0.6 is 11.6 Å². The topological polar surface area (TPSA) is 47.6 Å². The molecule has 0 aliphatic rings. The zero-order valence-corrected chi connectivity index (χ0v) is 12.3. The summed E-state index contributed by atoms with van der Waals surface area (Å²) >= 11 is 6.17. The van der Waals surface area contributed by atoms with E-state index >= 15 is 0 Å². The van der Waals surface area contributed by atoms with Gasteiger partial charge in [-0.3, -0.25) is 4.79 Å². The lowest BCUT2D eigenvalue weighted by Crippen LogP contribution is -2.22. The van der Waals surface area contributed by atoms with E-state index in [1.807, 2.05) is 18.2 Å². The third kappa shape index (κ3) is 5.49. The predicted molar refractivity (Wildman–Crippen MR) is 75.6 cm³/mol. The molecular weight excluding hydrogens is 266 g/mol. The van der Waals surface area contributed by atoms with Gasteiger partial charge in [0, 0.05) is 23.2 Å². The Balaban J connectivity index is 2.65. The van der Waals surface area contributed by atoms with Gasteiger partial charge in [0.25, 0.3) is 0 Å². The van der Waals surface area contributed by atoms with E-state index in [0.717, 1.165) is 5.56 Å². The molecular formula is C14H20ClNO3. The summed E-state index contributed by atoms with van der Waals surface area (Å²) in [4.78, 5) is 11.0. The summed E-state index contributed by atoms with van der Waals surface area (Å²) < 4.78 is 10.2. The number of carbonyl (C=O) groups is 1. The Labute approximate surface area is 119 Å². The number of esters is 1. The lowest BCUT2D eigenvalue weighted by Gasteiger charge is -2.14. The molecule has 0 aliphatic heterocycles. The molecule has 0 bridgehead atoms. The van der Waals surface area contributed by atoms with Crippen LogP contribution in [0.4, 0.5) is 0 Å². The molecule has 0 heterocycles. The molecule has 1 aromatic rings. The molecule has 4 nitrogen and oxygen atoms in total. The van der Waals surface area contributed by atoms with Crippen molar-refractivity contribution in [2.24, 2.45) is 0 Å². The molecule has 0 atom stereocenters. The normalized spacial score (nSPS) is 10.6. The highest BCUT2D eigenvalue weighted by Gasteiger charge is 2.09. The number of rotatable bonds is 7. The Morgan fingerprint density at radius 2 is 2.16 bits per heavy atom. The van der Waals surface area contributed by atoms with Gasteiger partial charge in [0.2, 0.25) is 0 Å². The number of halogens is 1. The van der Waals surface area contributed by atoms with Crippen LogP contribution in [0.2, 0.25) is 5.02 Å². The quantitative estimate of drug-likeness (QED) is 0.783. The minimum Gasteiger partial charge on any atom is -0.493 e. The summed E-state index contributed by atoms with van der Waals surface area (Å²) in [6.07, 6.45) is 0.222. The van der Waals surface area contributed by atoms with Gasteiger partial charge in [-0.25, -0.2) is 0 Å². The molecule has 0 aliphatic carbocycles. The lowest BCUT2D eigenvalue weighted by atomic mass is 10.2. The fourth-order valence-corrected chi connectivity index (χ4v) is 1.73. The Hall–Kier alpha value is -1.26. The van der Waals surface area contributed by atoms with Crippen LogP contribution in [0.3, 0.4) is 0 Å². The number of carbonyl (C=O) groups excluding carboxylic acids is 1. The minimum absolute atomic E-state index is 0.222. The van der Waals surface area contributed by atoms with Gasteiger partial charge in [-0.05, 0) is 12.1 Å². The largest absolute Gasteiger partial charge is 0.493 e. The summed E-state index contributed by atoms with van der Waals surface area (Å²) in [6, 6.07) is 5.86. The highest BCUT2D eigenvalue weighted by Crippen LogP contribution is 2.26. The first-order valence-corrected chi connectivity index (χ1v) is 6.62. The average molecular weight is 286 g/mol. The molecule has 0 aromatic heterocycles. The second kappa shape index (κ2) is 8.02. The third-order valence-corrected chi connectivity index (χ3v) is 2.91. The minimum atomic E-state index is -0.288. The first kappa shape index (κ1) is 15.8. The molecule has 0 fully saturated rings. The molecule has 19 heavy (non-hydrogen) atoms. The summed E-state index contributed by atoms with van der Waals surface area (Å²) in [5, 5.41) is 3.95. The molecule has 1 rings (SSSR count). The number of benzene rings is 1. The van der Waals surface area contributed by atoms with E-state index < -0.39 is 0 Å². The Morgan fingerprint density at radius 3 is 2.79 bits per heavy atom. The number of methoxy groups -OCH3 is 1. The second-order valence-corrected chi connectivity index (χ2v) is 4.83. The Kier molecular flexibility index (Phi) is 6.67. The van der Waals surface area contributed by atoms with E-state index in [4.69, 9.17) is 16.3 Å². The molecule has 0 saturated carbocycles. The lowest BCUT2D eigenvalue weighted by molar-refractivity contribution is -0.141. The number of hydrogen-bond donors (Lipinski definition) is 1. The first-order chi connectivity index (χ1) is 9.04. The standard InChI is InChI=1S/C14H20ClNO3/c1-10(2)16-9-11-12(15)5-4-6-13(11)19-8-7-14(17)18-3/h4-6,10,16H,7-9H2,1-3H3. The molecule has 1 aromatic carbocycles. The van der Waals surface area contributed by atoms with Crippen molar-refractivity contribution in [3.63, 3.8) is 0 Å². The molecule has 1 N–H and O–H groups in total. The van der Waals surface area contributed by atoms with Crippen molar-refractivity contribution in [3.8, 4) is 5.75 Å². The zero-order chi connectivity index (χ0) is 14.3. The maximum atomic E-state index is 11.0. The van der Waals surface area contributed by atoms with Crippen LogP contribution in [-0.2, 0) is 16.1 Å². The average Bonchev–Trinajstić information content (AvgIpc) is 2.37. The van der Waals surface area contributed by atoms with Gasteiger partial charge >= 0.3 is 5.97 Å². The van der Waals surface area contributed by atoms with Crippen molar-refractivity contribution in [3.05, 3.63) is 28.8 Å². The summed E-state index contributed by atoms with van der Waals surface area (Å²) in [7, 11) is 1.36. The van der Waals surface area contributed by atoms with Crippen LogP contribution in [-0.4, -0.2) is 25.7 Å². The van der Waals surface area contributed by atoms with Crippen molar-refractivity contribution in [2.75, 3.05) is 13.7 Å². The molecule has 0 unspecified atom stereocenters. The monoisotopic (exact) mass is 285 g/mol. The van der Waals surface area contributed by atoms with Crippen LogP contribution in [0.5, 0.6) is 5.75 Å². The van der Waals surface area contributed by atoms with E-state index in [2.05, 4.69) is 23.9 Å². The Morgan fingerprint density at radius 1 is 1.42 bits per heavy atom. The second-order valence-electron chi connectivity index (χ2n) is 4.43. The molecule has 5 heteroatoms. The Bertz CT molecular complexity index is 421. The van der Waals surface area contributed by atoms with Gasteiger partial charge in [0.1, 0.15) is 5.75 Å². The first-order valence-electron chi connectivity index (χ1n) is 6.25. The van der Waals surface area contributed by atoms with Crippen molar-refractivity contribution in [1.29, 1.82) is 0 Å². The van der Waals surface area contributed by atoms with Gasteiger partial charge in [-0.1, -0.05) is 31.5 Å². The third-order valence-electron chi connectivity index (χ3n) is 2.55. The van der Waals surface area contributed by atoms with Crippen LogP contribution in [0.25, 0.3) is 0 Å².